The first-order valence-electron chi connectivity index (χ1n) is 28.8. The molecule has 0 saturated carbocycles. The van der Waals surface area contributed by atoms with E-state index in [2.05, 4.69) is 49.5 Å². The topological polar surface area (TPSA) is 383 Å². The van der Waals surface area contributed by atoms with Gasteiger partial charge in [0, 0.05) is 6.54 Å². The highest BCUT2D eigenvalue weighted by Gasteiger charge is 2.33. The van der Waals surface area contributed by atoms with Crippen molar-refractivity contribution in [1.82, 2.24) is 42.5 Å². The van der Waals surface area contributed by atoms with E-state index in [1.54, 1.807) is 0 Å². The highest BCUT2D eigenvalue weighted by Crippen LogP contribution is 2.15. The molecule has 1 fully saturated rings. The molecule has 7 unspecified atom stereocenters. The third-order valence-corrected chi connectivity index (χ3v) is 13.5. The molecule has 0 aromatic rings. The Kier molecular flexibility index (Phi) is 40.8. The van der Waals surface area contributed by atoms with Crippen molar-refractivity contribution in [2.45, 2.75) is 242 Å². The predicted molar refractivity (Wildman–Crippen MR) is 293 cm³/mol. The molecule has 19 N–H and O–H groups in total. The third kappa shape index (κ3) is 33.3. The Bertz CT molecular complexity index is 1610. The van der Waals surface area contributed by atoms with Gasteiger partial charge in [-0.25, -0.2) is 0 Å². The Morgan fingerprint density at radius 1 is 0.520 bits per heavy atom. The number of hydrogen-bond donors (Lipinski definition) is 14. The number of hydrogen-bond acceptors (Lipinski definition) is 14. The van der Waals surface area contributed by atoms with Gasteiger partial charge in [0.2, 0.25) is 47.3 Å². The van der Waals surface area contributed by atoms with Crippen LogP contribution < -0.4 is 71.2 Å². The number of unbranched alkanes of at least 4 members (excludes halogenated alkanes) is 14. The van der Waals surface area contributed by atoms with Gasteiger partial charge in [0.25, 0.3) is 0 Å². The number of nitrogens with one attached hydrogen (secondary N) is 8. The largest absolute Gasteiger partial charge is 0.393 e. The van der Waals surface area contributed by atoms with E-state index in [0.717, 1.165) is 25.7 Å². The number of amides is 8. The average Bonchev–Trinajstić information content (AvgIpc) is 3.38. The summed E-state index contributed by atoms with van der Waals surface area (Å²) in [6, 6.07) is -6.64. The van der Waals surface area contributed by atoms with E-state index in [1.807, 2.05) is 0 Å². The van der Waals surface area contributed by atoms with Gasteiger partial charge in [0.05, 0.1) is 19.1 Å². The van der Waals surface area contributed by atoms with Crippen LogP contribution >= 0.6 is 0 Å². The van der Waals surface area contributed by atoms with Crippen molar-refractivity contribution in [3.8, 4) is 0 Å². The lowest BCUT2D eigenvalue weighted by atomic mass is 10.0. The normalized spacial score (nSPS) is 20.2. The predicted octanol–water partition coefficient (Wildman–Crippen LogP) is 1.02. The van der Waals surface area contributed by atoms with Crippen LogP contribution in [0.15, 0.2) is 0 Å². The molecule has 22 heteroatoms. The van der Waals surface area contributed by atoms with E-state index in [0.29, 0.717) is 116 Å². The van der Waals surface area contributed by atoms with E-state index in [9.17, 15) is 43.5 Å². The van der Waals surface area contributed by atoms with E-state index in [1.165, 1.54) is 38.5 Å². The number of carbonyl (C=O) groups excluding carboxylic acids is 8. The summed E-state index contributed by atoms with van der Waals surface area (Å²) >= 11 is 0. The fourth-order valence-corrected chi connectivity index (χ4v) is 8.93. The second-order valence-electron chi connectivity index (χ2n) is 20.2. The molecule has 0 bridgehead atoms. The molecular formula is C53H103N13O9. The Hall–Kier alpha value is -4.48. The highest BCUT2D eigenvalue weighted by atomic mass is 16.3. The summed E-state index contributed by atoms with van der Waals surface area (Å²) in [5, 5.41) is 32.7. The zero-order valence-electron chi connectivity index (χ0n) is 45.8. The van der Waals surface area contributed by atoms with Crippen LogP contribution in [0, 0.1) is 0 Å². The number of rotatable bonds is 38. The minimum atomic E-state index is -1.22. The molecule has 1 heterocycles. The van der Waals surface area contributed by atoms with Crippen LogP contribution in [0.1, 0.15) is 200 Å². The van der Waals surface area contributed by atoms with Crippen molar-refractivity contribution in [3.05, 3.63) is 0 Å². The van der Waals surface area contributed by atoms with Gasteiger partial charge >= 0.3 is 0 Å². The lowest BCUT2D eigenvalue weighted by Crippen LogP contribution is -2.59. The Morgan fingerprint density at radius 2 is 0.933 bits per heavy atom. The fraction of sp³-hybridized carbons (Fsp3) is 0.849. The Labute approximate surface area is 448 Å². The number of aliphatic hydroxyl groups is 1. The van der Waals surface area contributed by atoms with Gasteiger partial charge in [-0.05, 0) is 155 Å². The number of carbonyl (C=O) groups is 8. The first-order valence-corrected chi connectivity index (χ1v) is 28.8. The summed E-state index contributed by atoms with van der Waals surface area (Å²) in [7, 11) is 0. The third-order valence-electron chi connectivity index (χ3n) is 13.5. The molecule has 0 aliphatic carbocycles. The smallest absolute Gasteiger partial charge is 0.243 e. The second-order valence-corrected chi connectivity index (χ2v) is 20.2. The van der Waals surface area contributed by atoms with Gasteiger partial charge in [-0.1, -0.05) is 71.1 Å². The molecule has 0 aromatic carbocycles. The summed E-state index contributed by atoms with van der Waals surface area (Å²) in [6.45, 7) is 3.67. The lowest BCUT2D eigenvalue weighted by Gasteiger charge is -2.28. The lowest BCUT2D eigenvalue weighted by molar-refractivity contribution is -0.135. The second kappa shape index (κ2) is 44.6. The van der Waals surface area contributed by atoms with Crippen molar-refractivity contribution in [1.29, 1.82) is 0 Å². The monoisotopic (exact) mass is 1070 g/mol. The van der Waals surface area contributed by atoms with Crippen molar-refractivity contribution >= 4 is 47.3 Å². The molecule has 1 saturated heterocycles. The van der Waals surface area contributed by atoms with E-state index in [-0.39, 0.29) is 51.5 Å². The summed E-state index contributed by atoms with van der Waals surface area (Å²) in [5.74, 6) is -4.80. The molecule has 75 heavy (non-hydrogen) atoms. The van der Waals surface area contributed by atoms with Gasteiger partial charge < -0.3 is 76.3 Å². The number of nitrogens with two attached hydrogens (primary N) is 5. The van der Waals surface area contributed by atoms with E-state index in [4.69, 9.17) is 28.7 Å². The SMILES string of the molecule is CCCCCCCCCCCCC(O)CC(=O)NCC(=O)NC(CCCCN)C(=O)NC1CCCCNC(=O)C(CCCCN)NC(=O)C(CCCCN)NC(=O)C(CCCCN)NC(=O)C(CCCCN)NC1=O. The maximum atomic E-state index is 14.4. The van der Waals surface area contributed by atoms with Gasteiger partial charge in [0.15, 0.2) is 0 Å². The number of aliphatic hydroxyl groups excluding tert-OH is 1. The van der Waals surface area contributed by atoms with Gasteiger partial charge in [-0.2, -0.15) is 0 Å². The first-order chi connectivity index (χ1) is 36.2. The average molecular weight is 1070 g/mol. The molecule has 0 aromatic heterocycles. The molecule has 1 aliphatic heterocycles. The van der Waals surface area contributed by atoms with Crippen molar-refractivity contribution in [2.75, 3.05) is 45.8 Å². The van der Waals surface area contributed by atoms with E-state index >= 15 is 0 Å². The van der Waals surface area contributed by atoms with Crippen molar-refractivity contribution < 1.29 is 43.5 Å². The highest BCUT2D eigenvalue weighted by molar-refractivity contribution is 5.97. The van der Waals surface area contributed by atoms with Crippen LogP contribution in [0.5, 0.6) is 0 Å². The van der Waals surface area contributed by atoms with Crippen LogP contribution in [-0.4, -0.2) is 141 Å². The quantitative estimate of drug-likeness (QED) is 0.0384. The zero-order chi connectivity index (χ0) is 55.5. The van der Waals surface area contributed by atoms with Crippen LogP contribution in [0.25, 0.3) is 0 Å². The maximum Gasteiger partial charge on any atom is 0.243 e. The van der Waals surface area contributed by atoms with Crippen LogP contribution in [0.2, 0.25) is 0 Å². The van der Waals surface area contributed by atoms with Crippen LogP contribution in [0.4, 0.5) is 0 Å². The Morgan fingerprint density at radius 3 is 1.40 bits per heavy atom. The molecule has 7 atom stereocenters. The van der Waals surface area contributed by atoms with Crippen molar-refractivity contribution in [3.63, 3.8) is 0 Å². The summed E-state index contributed by atoms with van der Waals surface area (Å²) in [5.41, 5.74) is 28.9. The van der Waals surface area contributed by atoms with Crippen molar-refractivity contribution in [2.24, 2.45) is 28.7 Å². The molecule has 434 valence electrons. The molecule has 0 radical (unpaired) electrons. The van der Waals surface area contributed by atoms with E-state index < -0.39 is 96.2 Å². The molecule has 22 nitrogen and oxygen atoms in total. The minimum Gasteiger partial charge on any atom is -0.393 e. The Balaban J connectivity index is 3.36. The molecule has 8 amide bonds. The summed E-state index contributed by atoms with van der Waals surface area (Å²) in [6.07, 6.45) is 17.9. The summed E-state index contributed by atoms with van der Waals surface area (Å²) in [4.78, 5) is 110. The molecule has 0 spiro atoms. The zero-order valence-corrected chi connectivity index (χ0v) is 45.8. The van der Waals surface area contributed by atoms with Crippen LogP contribution in [0.3, 0.4) is 0 Å². The first kappa shape index (κ1) is 68.5. The van der Waals surface area contributed by atoms with Gasteiger partial charge in [-0.15, -0.1) is 0 Å². The van der Waals surface area contributed by atoms with Gasteiger partial charge in [-0.3, -0.25) is 38.4 Å². The molecule has 1 aliphatic rings. The van der Waals surface area contributed by atoms with Gasteiger partial charge in [0.1, 0.15) is 36.3 Å². The van der Waals surface area contributed by atoms with Crippen LogP contribution in [-0.2, 0) is 38.4 Å². The standard InChI is InChI=1S/C53H103N13O9/c1-2-3-4-5-6-7-8-9-10-11-24-39(67)37-46(68)60-38-47(69)61-41(26-13-19-32-55)49(71)63-45-30-17-23-36-59-48(70)40(25-12-18-31-54)62-50(72)42(27-14-20-33-56)64-51(73)43(28-15-21-34-57)65-52(74)44(66-53(45)75)29-16-22-35-58/h39-45,67H,2-38,54-58H2,1H3,(H,59,70)(H,60,68)(H,61,69)(H,62,72)(H,63,71)(H,64,73)(H,65,74)(H,66,75). The molecular weight excluding hydrogens is 963 g/mol. The fourth-order valence-electron chi connectivity index (χ4n) is 8.93. The summed E-state index contributed by atoms with van der Waals surface area (Å²) < 4.78 is 0. The maximum absolute atomic E-state index is 14.4. The molecule has 1 rings (SSSR count). The minimum absolute atomic E-state index is 0.0663.